The third-order valence-corrected chi connectivity index (χ3v) is 3.55. The number of hydrogen-bond donors (Lipinski definition) is 1. The molecule has 23 heavy (non-hydrogen) atoms. The Bertz CT molecular complexity index is 619. The van der Waals surface area contributed by atoms with E-state index < -0.39 is 0 Å². The van der Waals surface area contributed by atoms with Crippen molar-refractivity contribution in [2.75, 3.05) is 39.3 Å². The topological polar surface area (TPSA) is 65.5 Å². The van der Waals surface area contributed by atoms with Crippen LogP contribution in [0.1, 0.15) is 26.2 Å². The molecule has 0 radical (unpaired) electrons. The van der Waals surface area contributed by atoms with Gasteiger partial charge in [-0.1, -0.05) is 13.3 Å². The smallest absolute Gasteiger partial charge is 0.187 e. The summed E-state index contributed by atoms with van der Waals surface area (Å²) in [6, 6.07) is 3.81. The molecule has 1 aromatic heterocycles. The maximum absolute atomic E-state index is 5.56. The number of ether oxygens (including phenoxy) is 3. The number of rotatable bonds is 10. The summed E-state index contributed by atoms with van der Waals surface area (Å²) in [5.74, 6) is 2.08. The zero-order chi connectivity index (χ0) is 16.5. The van der Waals surface area contributed by atoms with Crippen LogP contribution in [0.5, 0.6) is 11.5 Å². The maximum Gasteiger partial charge on any atom is 0.187 e. The minimum Gasteiger partial charge on any atom is -0.493 e. The second-order valence-corrected chi connectivity index (χ2v) is 5.17. The fraction of sp³-hybridized carbons (Fsp3) is 0.529. The number of hydrogen-bond acceptors (Lipinski definition) is 6. The Kier molecular flexibility index (Phi) is 6.87. The Balaban J connectivity index is 2.01. The van der Waals surface area contributed by atoms with Gasteiger partial charge < -0.3 is 19.5 Å². The number of benzene rings is 1. The molecule has 0 aliphatic rings. The first kappa shape index (κ1) is 17.3. The highest BCUT2D eigenvalue weighted by atomic mass is 16.5. The van der Waals surface area contributed by atoms with Crippen LogP contribution in [0.4, 0.5) is 5.82 Å². The van der Waals surface area contributed by atoms with Gasteiger partial charge in [-0.05, 0) is 25.0 Å². The minimum absolute atomic E-state index is 0.623. The normalized spacial score (nSPS) is 10.7. The molecule has 0 saturated carbocycles. The number of nitrogens with zero attached hydrogens (tertiary/aromatic N) is 2. The van der Waals surface area contributed by atoms with Crippen molar-refractivity contribution in [3.8, 4) is 11.5 Å². The molecule has 0 amide bonds. The lowest BCUT2D eigenvalue weighted by molar-refractivity contribution is 0.131. The second-order valence-electron chi connectivity index (χ2n) is 5.17. The first-order chi connectivity index (χ1) is 11.3. The Hall–Kier alpha value is -2.08. The van der Waals surface area contributed by atoms with Gasteiger partial charge >= 0.3 is 0 Å². The molecule has 0 atom stereocenters. The van der Waals surface area contributed by atoms with E-state index in [9.17, 15) is 0 Å². The number of anilines is 1. The van der Waals surface area contributed by atoms with Crippen LogP contribution >= 0.6 is 0 Å². The number of fused-ring (bicyclic) bond motifs is 1. The molecule has 1 aromatic carbocycles. The summed E-state index contributed by atoms with van der Waals surface area (Å²) in [5, 5.41) is 4.25. The SMILES string of the molecule is CCCCOCCCNc1ncnc2c(OC)c(OC)ccc12. The van der Waals surface area contributed by atoms with Crippen LogP contribution in [-0.4, -0.2) is 43.9 Å². The van der Waals surface area contributed by atoms with Gasteiger partial charge in [-0.25, -0.2) is 9.97 Å². The van der Waals surface area contributed by atoms with Crippen molar-refractivity contribution in [3.05, 3.63) is 18.5 Å². The Morgan fingerprint density at radius 1 is 1.04 bits per heavy atom. The van der Waals surface area contributed by atoms with Crippen molar-refractivity contribution in [2.45, 2.75) is 26.2 Å². The van der Waals surface area contributed by atoms with E-state index in [1.165, 1.54) is 6.33 Å². The van der Waals surface area contributed by atoms with Crippen molar-refractivity contribution in [1.82, 2.24) is 9.97 Å². The minimum atomic E-state index is 0.623. The Labute approximate surface area is 137 Å². The fourth-order valence-corrected chi connectivity index (χ4v) is 2.31. The monoisotopic (exact) mass is 319 g/mol. The lowest BCUT2D eigenvalue weighted by Crippen LogP contribution is -2.08. The summed E-state index contributed by atoms with van der Waals surface area (Å²) >= 11 is 0. The van der Waals surface area contributed by atoms with Crippen molar-refractivity contribution < 1.29 is 14.2 Å². The van der Waals surface area contributed by atoms with Crippen molar-refractivity contribution >= 4 is 16.7 Å². The molecule has 2 rings (SSSR count). The Morgan fingerprint density at radius 3 is 2.61 bits per heavy atom. The second kappa shape index (κ2) is 9.15. The molecular formula is C17H25N3O3. The summed E-state index contributed by atoms with van der Waals surface area (Å²) in [4.78, 5) is 8.64. The number of methoxy groups -OCH3 is 2. The first-order valence-corrected chi connectivity index (χ1v) is 7.99. The maximum atomic E-state index is 5.56. The van der Waals surface area contributed by atoms with Gasteiger partial charge in [0.05, 0.1) is 14.2 Å². The van der Waals surface area contributed by atoms with Gasteiger partial charge in [0.15, 0.2) is 11.5 Å². The van der Waals surface area contributed by atoms with E-state index in [-0.39, 0.29) is 0 Å². The van der Waals surface area contributed by atoms with Crippen LogP contribution in [0.2, 0.25) is 0 Å². The first-order valence-electron chi connectivity index (χ1n) is 7.99. The average molecular weight is 319 g/mol. The van der Waals surface area contributed by atoms with Gasteiger partial charge in [-0.3, -0.25) is 0 Å². The van der Waals surface area contributed by atoms with Crippen molar-refractivity contribution in [1.29, 1.82) is 0 Å². The van der Waals surface area contributed by atoms with E-state index in [0.29, 0.717) is 11.5 Å². The zero-order valence-electron chi connectivity index (χ0n) is 14.1. The van der Waals surface area contributed by atoms with Crippen LogP contribution in [0.25, 0.3) is 10.9 Å². The molecule has 6 nitrogen and oxygen atoms in total. The molecule has 126 valence electrons. The fourth-order valence-electron chi connectivity index (χ4n) is 2.31. The highest BCUT2D eigenvalue weighted by Gasteiger charge is 2.13. The van der Waals surface area contributed by atoms with E-state index in [2.05, 4.69) is 22.2 Å². The number of aromatic nitrogens is 2. The molecule has 2 aromatic rings. The summed E-state index contributed by atoms with van der Waals surface area (Å²) in [6.07, 6.45) is 4.74. The van der Waals surface area contributed by atoms with Crippen LogP contribution < -0.4 is 14.8 Å². The molecule has 0 fully saturated rings. The highest BCUT2D eigenvalue weighted by molar-refractivity contribution is 5.94. The standard InChI is InChI=1S/C17H25N3O3/c1-4-5-10-23-11-6-9-18-17-13-7-8-14(21-2)16(22-3)15(13)19-12-20-17/h7-8,12H,4-6,9-11H2,1-3H3,(H,18,19,20). The van der Waals surface area contributed by atoms with E-state index >= 15 is 0 Å². The molecule has 1 heterocycles. The average Bonchev–Trinajstić information content (AvgIpc) is 2.59. The molecule has 0 spiro atoms. The summed E-state index contributed by atoms with van der Waals surface area (Å²) in [6.45, 7) is 4.55. The lowest BCUT2D eigenvalue weighted by Gasteiger charge is -2.12. The van der Waals surface area contributed by atoms with E-state index in [0.717, 1.165) is 55.7 Å². The molecule has 1 N–H and O–H groups in total. The quantitative estimate of drug-likeness (QED) is 0.678. The molecule has 0 bridgehead atoms. The van der Waals surface area contributed by atoms with Gasteiger partial charge in [0, 0.05) is 25.1 Å². The molecule has 0 saturated heterocycles. The van der Waals surface area contributed by atoms with Crippen LogP contribution in [-0.2, 0) is 4.74 Å². The highest BCUT2D eigenvalue weighted by Crippen LogP contribution is 2.35. The molecule has 6 heteroatoms. The third-order valence-electron chi connectivity index (χ3n) is 3.55. The third kappa shape index (κ3) is 4.45. The predicted molar refractivity (Wildman–Crippen MR) is 91.5 cm³/mol. The molecule has 0 unspecified atom stereocenters. The number of nitrogens with one attached hydrogen (secondary N) is 1. The van der Waals surface area contributed by atoms with E-state index in [4.69, 9.17) is 14.2 Å². The summed E-state index contributed by atoms with van der Waals surface area (Å²) in [5.41, 5.74) is 0.739. The van der Waals surface area contributed by atoms with Gasteiger partial charge in [0.25, 0.3) is 0 Å². The van der Waals surface area contributed by atoms with Gasteiger partial charge in [-0.2, -0.15) is 0 Å². The van der Waals surface area contributed by atoms with Gasteiger partial charge in [0.1, 0.15) is 17.7 Å². The number of unbranched alkanes of at least 4 members (excludes halogenated alkanes) is 1. The van der Waals surface area contributed by atoms with E-state index in [1.54, 1.807) is 14.2 Å². The van der Waals surface area contributed by atoms with Gasteiger partial charge in [0.2, 0.25) is 0 Å². The molecular weight excluding hydrogens is 294 g/mol. The summed E-state index contributed by atoms with van der Waals surface area (Å²) in [7, 11) is 3.22. The lowest BCUT2D eigenvalue weighted by atomic mass is 10.2. The largest absolute Gasteiger partial charge is 0.493 e. The van der Waals surface area contributed by atoms with Crippen LogP contribution in [0, 0.1) is 0 Å². The molecule has 0 aliphatic carbocycles. The van der Waals surface area contributed by atoms with Crippen molar-refractivity contribution in [3.63, 3.8) is 0 Å². The van der Waals surface area contributed by atoms with Gasteiger partial charge in [-0.15, -0.1) is 0 Å². The van der Waals surface area contributed by atoms with Crippen LogP contribution in [0.3, 0.4) is 0 Å². The zero-order valence-corrected chi connectivity index (χ0v) is 14.1. The van der Waals surface area contributed by atoms with Crippen LogP contribution in [0.15, 0.2) is 18.5 Å². The molecule has 0 aliphatic heterocycles. The van der Waals surface area contributed by atoms with Crippen molar-refractivity contribution in [2.24, 2.45) is 0 Å². The predicted octanol–water partition coefficient (Wildman–Crippen LogP) is 3.27. The Morgan fingerprint density at radius 2 is 1.87 bits per heavy atom. The van der Waals surface area contributed by atoms with E-state index in [1.807, 2.05) is 12.1 Å². The summed E-state index contributed by atoms with van der Waals surface area (Å²) < 4.78 is 16.3.